The number of amides is 5. The Hall–Kier alpha value is -4.98. The van der Waals surface area contributed by atoms with Gasteiger partial charge in [-0.3, -0.25) is 15.4 Å². The number of hydrogen-bond donors (Lipinski definition) is 6. The molecule has 3 atom stereocenters. The minimum absolute atomic E-state index is 0.0119. The van der Waals surface area contributed by atoms with E-state index >= 15 is 0 Å². The van der Waals surface area contributed by atoms with Crippen LogP contribution in [0.2, 0.25) is 0 Å². The Bertz CT molecular complexity index is 1580. The van der Waals surface area contributed by atoms with Crippen LogP contribution in [0.1, 0.15) is 25.7 Å². The van der Waals surface area contributed by atoms with Gasteiger partial charge in [-0.15, -0.1) is 0 Å². The lowest BCUT2D eigenvalue weighted by molar-refractivity contribution is -0.121. The Labute approximate surface area is 276 Å². The summed E-state index contributed by atoms with van der Waals surface area (Å²) in [5.74, 6) is 0.914. The number of aromatic nitrogens is 1. The van der Waals surface area contributed by atoms with Gasteiger partial charge in [-0.05, 0) is 49.2 Å². The van der Waals surface area contributed by atoms with E-state index in [-0.39, 0.29) is 37.2 Å². The van der Waals surface area contributed by atoms with Crippen molar-refractivity contribution in [3.8, 4) is 0 Å². The summed E-state index contributed by atoms with van der Waals surface area (Å²) in [5.41, 5.74) is 2.97. The molecule has 0 spiro atoms. The van der Waals surface area contributed by atoms with Crippen LogP contribution in [-0.4, -0.2) is 78.5 Å². The van der Waals surface area contributed by atoms with Crippen molar-refractivity contribution >= 4 is 74.8 Å². The molecule has 2 saturated heterocycles. The quantitative estimate of drug-likeness (QED) is 0.0560. The molecule has 0 saturated carbocycles. The molecule has 14 heteroatoms. The number of pyridine rings is 1. The summed E-state index contributed by atoms with van der Waals surface area (Å²) in [7, 11) is 0. The summed E-state index contributed by atoms with van der Waals surface area (Å²) in [5, 5.41) is 19.8. The molecule has 3 aromatic rings. The van der Waals surface area contributed by atoms with Crippen molar-refractivity contribution in [2.45, 2.75) is 43.0 Å². The van der Waals surface area contributed by atoms with Crippen LogP contribution < -0.4 is 31.9 Å². The number of thioether (sulfide) groups is 1. The highest BCUT2D eigenvalue weighted by Crippen LogP contribution is 2.34. The van der Waals surface area contributed by atoms with E-state index < -0.39 is 12.2 Å². The van der Waals surface area contributed by atoms with Gasteiger partial charge in [-0.25, -0.2) is 19.4 Å². The van der Waals surface area contributed by atoms with Crippen molar-refractivity contribution in [2.75, 3.05) is 48.0 Å². The molecular weight excluding hydrogens is 622 g/mol. The molecule has 2 aliphatic rings. The Morgan fingerprint density at radius 1 is 0.915 bits per heavy atom. The number of benzene rings is 2. The standard InChI is InChI=1S/C33H39N7O6S/c1-3-15-45-32(43)36-20-9-11-22-24(17-20)38-25-18-21(37-33(44)46-16-4-2)10-12-23(25)29(22)35-14-13-34-28(41)8-6-5-7-27-30-26(19-47-27)39-31(42)40-30/h3-4,9-12,17-18,26-27,30H,1-2,5-8,13-16,19H2,(H,34,41)(H,35,38)(H,36,43)(H,37,44)(H2,39,40,42)/t26-,27-,30-/m0/s1. The predicted octanol–water partition coefficient (Wildman–Crippen LogP) is 5.11. The van der Waals surface area contributed by atoms with E-state index in [0.717, 1.165) is 41.5 Å². The molecule has 13 nitrogen and oxygen atoms in total. The Kier molecular flexibility index (Phi) is 11.4. The summed E-state index contributed by atoms with van der Waals surface area (Å²) in [6.45, 7) is 8.11. The minimum Gasteiger partial charge on any atom is -0.445 e. The van der Waals surface area contributed by atoms with Crippen LogP contribution in [0.5, 0.6) is 0 Å². The number of fused-ring (bicyclic) bond motifs is 3. The van der Waals surface area contributed by atoms with Crippen molar-refractivity contribution in [3.05, 3.63) is 61.7 Å². The second-order valence-corrected chi connectivity index (χ2v) is 12.4. The van der Waals surface area contributed by atoms with Crippen LogP contribution in [0.15, 0.2) is 61.7 Å². The van der Waals surface area contributed by atoms with Gasteiger partial charge in [0.05, 0.1) is 28.8 Å². The Morgan fingerprint density at radius 2 is 1.55 bits per heavy atom. The number of hydrogen-bond acceptors (Lipinski definition) is 9. The molecule has 0 bridgehead atoms. The summed E-state index contributed by atoms with van der Waals surface area (Å²) >= 11 is 1.88. The Morgan fingerprint density at radius 3 is 2.17 bits per heavy atom. The highest BCUT2D eigenvalue weighted by atomic mass is 32.2. The fourth-order valence-electron chi connectivity index (χ4n) is 5.62. The average Bonchev–Trinajstić information content (AvgIpc) is 3.61. The van der Waals surface area contributed by atoms with Gasteiger partial charge in [0, 0.05) is 52.7 Å². The number of carbonyl (C=O) groups excluding carboxylic acids is 4. The first-order valence-corrected chi connectivity index (χ1v) is 16.6. The van der Waals surface area contributed by atoms with E-state index in [0.29, 0.717) is 47.2 Å². The molecule has 2 aromatic carbocycles. The normalized spacial score (nSPS) is 18.0. The zero-order valence-corrected chi connectivity index (χ0v) is 26.8. The molecule has 5 amide bonds. The highest BCUT2D eigenvalue weighted by Gasteiger charge is 2.42. The van der Waals surface area contributed by atoms with Crippen molar-refractivity contribution in [1.29, 1.82) is 0 Å². The zero-order valence-electron chi connectivity index (χ0n) is 25.9. The van der Waals surface area contributed by atoms with Gasteiger partial charge < -0.3 is 30.7 Å². The first kappa shape index (κ1) is 33.4. The molecule has 0 aliphatic carbocycles. The second kappa shape index (κ2) is 16.0. The predicted molar refractivity (Wildman–Crippen MR) is 185 cm³/mol. The number of unbranched alkanes of at least 4 members (excludes halogenated alkanes) is 1. The van der Waals surface area contributed by atoms with E-state index in [9.17, 15) is 19.2 Å². The molecule has 248 valence electrons. The van der Waals surface area contributed by atoms with Crippen LogP contribution in [0, 0.1) is 0 Å². The third-order valence-corrected chi connectivity index (χ3v) is 9.27. The number of nitrogens with zero attached hydrogens (tertiary/aromatic N) is 1. The average molecular weight is 662 g/mol. The first-order valence-electron chi connectivity index (χ1n) is 15.5. The molecule has 47 heavy (non-hydrogen) atoms. The number of rotatable bonds is 15. The molecule has 2 fully saturated rings. The van der Waals surface area contributed by atoms with E-state index in [1.54, 1.807) is 24.3 Å². The van der Waals surface area contributed by atoms with Gasteiger partial charge in [0.2, 0.25) is 5.91 Å². The summed E-state index contributed by atoms with van der Waals surface area (Å²) in [6.07, 6.45) is 4.83. The molecule has 6 N–H and O–H groups in total. The first-order chi connectivity index (χ1) is 22.8. The van der Waals surface area contributed by atoms with E-state index in [2.05, 4.69) is 45.1 Å². The van der Waals surface area contributed by atoms with Crippen LogP contribution in [0.25, 0.3) is 21.8 Å². The van der Waals surface area contributed by atoms with Crippen molar-refractivity contribution < 1.29 is 28.7 Å². The van der Waals surface area contributed by atoms with Crippen LogP contribution in [0.4, 0.5) is 31.4 Å². The zero-order chi connectivity index (χ0) is 33.2. The maximum absolute atomic E-state index is 12.6. The molecule has 5 rings (SSSR count). The highest BCUT2D eigenvalue weighted by molar-refractivity contribution is 8.00. The van der Waals surface area contributed by atoms with Crippen LogP contribution >= 0.6 is 11.8 Å². The van der Waals surface area contributed by atoms with Gasteiger partial charge in [0.15, 0.2) is 0 Å². The number of carbonyl (C=O) groups is 4. The van der Waals surface area contributed by atoms with Gasteiger partial charge in [-0.2, -0.15) is 11.8 Å². The van der Waals surface area contributed by atoms with Crippen LogP contribution in [0.3, 0.4) is 0 Å². The SMILES string of the molecule is C=CCOC(=O)Nc1ccc2c(NCCNC(=O)CCCC[C@@H]3SC[C@@H]4NC(=O)N[C@@H]43)c3ccc(NC(=O)OCC=C)cc3nc2c1. The summed E-state index contributed by atoms with van der Waals surface area (Å²) in [6, 6.07) is 11.0. The maximum atomic E-state index is 12.6. The minimum atomic E-state index is -0.616. The van der Waals surface area contributed by atoms with Crippen molar-refractivity contribution in [2.24, 2.45) is 0 Å². The van der Waals surface area contributed by atoms with Crippen LogP contribution in [-0.2, 0) is 14.3 Å². The van der Waals surface area contributed by atoms with Crippen molar-refractivity contribution in [1.82, 2.24) is 20.9 Å². The monoisotopic (exact) mass is 661 g/mol. The third-order valence-electron chi connectivity index (χ3n) is 7.76. The van der Waals surface area contributed by atoms with Gasteiger partial charge in [0.1, 0.15) is 13.2 Å². The summed E-state index contributed by atoms with van der Waals surface area (Å²) in [4.78, 5) is 53.2. The molecule has 3 heterocycles. The third kappa shape index (κ3) is 8.85. The van der Waals surface area contributed by atoms with Gasteiger partial charge in [0.25, 0.3) is 0 Å². The van der Waals surface area contributed by atoms with E-state index in [1.807, 2.05) is 23.9 Å². The van der Waals surface area contributed by atoms with Gasteiger partial charge in [-0.1, -0.05) is 31.7 Å². The lowest BCUT2D eigenvalue weighted by atomic mass is 10.0. The van der Waals surface area contributed by atoms with E-state index in [1.165, 1.54) is 12.2 Å². The largest absolute Gasteiger partial charge is 0.445 e. The number of anilines is 3. The van der Waals surface area contributed by atoms with E-state index in [4.69, 9.17) is 14.5 Å². The second-order valence-electron chi connectivity index (χ2n) is 11.1. The number of ether oxygens (including phenoxy) is 2. The topological polar surface area (TPSA) is 172 Å². The Balaban J connectivity index is 1.20. The number of urea groups is 1. The molecular formula is C33H39N7O6S. The van der Waals surface area contributed by atoms with Crippen molar-refractivity contribution in [3.63, 3.8) is 0 Å². The maximum Gasteiger partial charge on any atom is 0.411 e. The molecule has 2 aliphatic heterocycles. The fraction of sp³-hybridized carbons (Fsp3) is 0.364. The summed E-state index contributed by atoms with van der Waals surface area (Å²) < 4.78 is 10.1. The molecule has 0 radical (unpaired) electrons. The lowest BCUT2D eigenvalue weighted by Crippen LogP contribution is -2.36. The van der Waals surface area contributed by atoms with Gasteiger partial charge >= 0.3 is 18.2 Å². The molecule has 1 aromatic heterocycles. The number of nitrogens with one attached hydrogen (secondary N) is 6. The molecule has 0 unspecified atom stereocenters. The lowest BCUT2D eigenvalue weighted by Gasteiger charge is -2.16. The smallest absolute Gasteiger partial charge is 0.411 e. The fourth-order valence-corrected chi connectivity index (χ4v) is 7.16.